The van der Waals surface area contributed by atoms with Crippen LogP contribution in [0.4, 0.5) is 11.6 Å². The molecule has 4 rings (SSSR count). The van der Waals surface area contributed by atoms with Crippen molar-refractivity contribution in [1.29, 1.82) is 0 Å². The Morgan fingerprint density at radius 3 is 2.38 bits per heavy atom. The predicted molar refractivity (Wildman–Crippen MR) is 97.1 cm³/mol. The number of nitrogens with one attached hydrogen (secondary N) is 1. The van der Waals surface area contributed by atoms with Crippen LogP contribution in [-0.2, 0) is 4.79 Å². The van der Waals surface area contributed by atoms with E-state index < -0.39 is 0 Å². The second-order valence-corrected chi connectivity index (χ2v) is 7.22. The molecule has 0 aromatic carbocycles. The zero-order valence-corrected chi connectivity index (χ0v) is 15.1. The first kappa shape index (κ1) is 17.0. The monoisotopic (exact) mass is 359 g/mol. The Labute approximate surface area is 152 Å². The Balaban J connectivity index is 1.62. The summed E-state index contributed by atoms with van der Waals surface area (Å²) in [5.41, 5.74) is 0.908. The van der Waals surface area contributed by atoms with Gasteiger partial charge < -0.3 is 15.1 Å². The van der Waals surface area contributed by atoms with E-state index in [4.69, 9.17) is 14.6 Å². The predicted octanol–water partition coefficient (Wildman–Crippen LogP) is 1.36. The van der Waals surface area contributed by atoms with E-state index in [9.17, 15) is 4.79 Å². The number of nitrogens with zero attached hydrogens (tertiary/aromatic N) is 6. The molecular weight excluding hydrogens is 334 g/mol. The highest BCUT2D eigenvalue weighted by Gasteiger charge is 2.27. The smallest absolute Gasteiger partial charge is 0.245 e. The number of anilines is 2. The molecule has 2 aliphatic heterocycles. The fourth-order valence-corrected chi connectivity index (χ4v) is 3.86. The molecule has 140 valence electrons. The van der Waals surface area contributed by atoms with Gasteiger partial charge in [0.05, 0.1) is 0 Å². The number of rotatable bonds is 4. The number of fused-ring (bicyclic) bond motifs is 1. The van der Waals surface area contributed by atoms with Crippen LogP contribution in [0.1, 0.15) is 39.0 Å². The maximum Gasteiger partial charge on any atom is 0.245 e. The minimum atomic E-state index is 0.0195. The van der Waals surface area contributed by atoms with Crippen LogP contribution >= 0.6 is 0 Å². The minimum Gasteiger partial charge on any atom is -0.356 e. The van der Waals surface area contributed by atoms with Gasteiger partial charge in [0.1, 0.15) is 0 Å². The van der Waals surface area contributed by atoms with E-state index in [1.54, 1.807) is 6.92 Å². The van der Waals surface area contributed by atoms with Gasteiger partial charge >= 0.3 is 0 Å². The maximum absolute atomic E-state index is 11.2. The van der Waals surface area contributed by atoms with Crippen molar-refractivity contribution in [3.05, 3.63) is 0 Å². The minimum absolute atomic E-state index is 0.0195. The summed E-state index contributed by atoms with van der Waals surface area (Å²) < 4.78 is 4.83. The van der Waals surface area contributed by atoms with Crippen LogP contribution in [0.2, 0.25) is 0 Å². The maximum atomic E-state index is 11.2. The topological polar surface area (TPSA) is 100 Å². The largest absolute Gasteiger partial charge is 0.356 e. The quantitative estimate of drug-likeness (QED) is 0.873. The zero-order valence-electron chi connectivity index (χ0n) is 15.1. The van der Waals surface area contributed by atoms with E-state index in [1.807, 2.05) is 0 Å². The molecule has 0 spiro atoms. The highest BCUT2D eigenvalue weighted by molar-refractivity contribution is 5.75. The van der Waals surface area contributed by atoms with Gasteiger partial charge in [-0.1, -0.05) is 0 Å². The third-order valence-electron chi connectivity index (χ3n) is 5.19. The molecule has 0 bridgehead atoms. The molecule has 9 heteroatoms. The van der Waals surface area contributed by atoms with Crippen molar-refractivity contribution in [1.82, 2.24) is 25.6 Å². The molecular formula is C17H25N7O2. The van der Waals surface area contributed by atoms with Gasteiger partial charge in [0.2, 0.25) is 17.2 Å². The molecule has 0 radical (unpaired) electrons. The molecule has 0 aliphatic carbocycles. The fourth-order valence-electron chi connectivity index (χ4n) is 3.86. The van der Waals surface area contributed by atoms with E-state index in [1.165, 1.54) is 19.3 Å². The number of hydrogen-bond acceptors (Lipinski definition) is 8. The van der Waals surface area contributed by atoms with Gasteiger partial charge in [-0.25, -0.2) is 14.6 Å². The third kappa shape index (κ3) is 3.56. The van der Waals surface area contributed by atoms with Crippen molar-refractivity contribution in [3.63, 3.8) is 0 Å². The van der Waals surface area contributed by atoms with Crippen molar-refractivity contribution in [2.24, 2.45) is 5.92 Å². The van der Waals surface area contributed by atoms with Crippen LogP contribution in [0.25, 0.3) is 11.3 Å². The number of hydrogen-bond donors (Lipinski definition) is 1. The molecule has 0 saturated carbocycles. The second-order valence-electron chi connectivity index (χ2n) is 7.22. The summed E-state index contributed by atoms with van der Waals surface area (Å²) in [6.07, 6.45) is 5.77. The molecule has 9 nitrogen and oxygen atoms in total. The summed E-state index contributed by atoms with van der Waals surface area (Å²) in [5, 5.41) is 10.7. The number of carbonyl (C=O) groups excluding carboxylic acids is 1. The third-order valence-corrected chi connectivity index (χ3v) is 5.19. The van der Waals surface area contributed by atoms with Gasteiger partial charge in [-0.05, 0) is 48.3 Å². The van der Waals surface area contributed by atoms with E-state index >= 15 is 0 Å². The van der Waals surface area contributed by atoms with E-state index in [0.29, 0.717) is 23.8 Å². The summed E-state index contributed by atoms with van der Waals surface area (Å²) in [7, 11) is 0. The molecule has 2 saturated heterocycles. The summed E-state index contributed by atoms with van der Waals surface area (Å²) in [4.78, 5) is 25.3. The van der Waals surface area contributed by atoms with Crippen molar-refractivity contribution >= 4 is 28.8 Å². The number of carbonyl (C=O) groups is 1. The lowest BCUT2D eigenvalue weighted by molar-refractivity contribution is -0.119. The molecule has 4 heterocycles. The van der Waals surface area contributed by atoms with E-state index in [2.05, 4.69) is 25.4 Å². The van der Waals surface area contributed by atoms with Crippen LogP contribution in [0.15, 0.2) is 4.63 Å². The molecule has 2 aromatic heterocycles. The molecule has 2 fully saturated rings. The first-order valence-electron chi connectivity index (χ1n) is 9.45. The Morgan fingerprint density at radius 2 is 1.69 bits per heavy atom. The number of piperidine rings is 2. The first-order valence-corrected chi connectivity index (χ1v) is 9.45. The van der Waals surface area contributed by atoms with Crippen molar-refractivity contribution in [3.8, 4) is 0 Å². The average Bonchev–Trinajstić information content (AvgIpc) is 3.14. The molecule has 1 amide bonds. The Bertz CT molecular complexity index is 772. The lowest BCUT2D eigenvalue weighted by Crippen LogP contribution is -2.42. The van der Waals surface area contributed by atoms with Crippen molar-refractivity contribution in [2.75, 3.05) is 42.5 Å². The molecule has 1 N–H and O–H groups in total. The molecule has 0 unspecified atom stereocenters. The van der Waals surface area contributed by atoms with Crippen LogP contribution in [-0.4, -0.2) is 58.9 Å². The van der Waals surface area contributed by atoms with Crippen LogP contribution in [0.3, 0.4) is 0 Å². The standard InChI is InChI=1S/C17H25N7O2/c1-12(25)18-10-13-6-5-9-24(11-13)17-16(23-7-3-2-4-8-23)19-14-15(20-17)22-26-21-14/h13H,2-11H2,1H3,(H,18,25)/t13-/m0/s1. The van der Waals surface area contributed by atoms with E-state index in [-0.39, 0.29) is 5.91 Å². The molecule has 2 aromatic rings. The number of aromatic nitrogens is 4. The first-order chi connectivity index (χ1) is 12.7. The lowest BCUT2D eigenvalue weighted by Gasteiger charge is -2.36. The van der Waals surface area contributed by atoms with Crippen LogP contribution < -0.4 is 15.1 Å². The molecule has 2 aliphatic rings. The van der Waals surface area contributed by atoms with Gasteiger partial charge in [0.15, 0.2) is 11.6 Å². The SMILES string of the molecule is CC(=O)NC[C@@H]1CCCN(c2nc3nonc3nc2N2CCCCC2)C1. The highest BCUT2D eigenvalue weighted by atomic mass is 16.6. The van der Waals surface area contributed by atoms with Crippen LogP contribution in [0, 0.1) is 5.92 Å². The fraction of sp³-hybridized carbons (Fsp3) is 0.706. The molecule has 26 heavy (non-hydrogen) atoms. The van der Waals surface area contributed by atoms with Crippen molar-refractivity contribution < 1.29 is 9.42 Å². The van der Waals surface area contributed by atoms with Crippen LogP contribution in [0.5, 0.6) is 0 Å². The Hall–Kier alpha value is -2.45. The number of amides is 1. The zero-order chi connectivity index (χ0) is 17.9. The van der Waals surface area contributed by atoms with E-state index in [0.717, 1.165) is 50.7 Å². The second kappa shape index (κ2) is 7.43. The average molecular weight is 359 g/mol. The highest BCUT2D eigenvalue weighted by Crippen LogP contribution is 2.32. The van der Waals surface area contributed by atoms with Crippen molar-refractivity contribution in [2.45, 2.75) is 39.0 Å². The van der Waals surface area contributed by atoms with Gasteiger partial charge in [-0.3, -0.25) is 4.79 Å². The summed E-state index contributed by atoms with van der Waals surface area (Å²) in [6, 6.07) is 0. The Kier molecular flexibility index (Phi) is 4.85. The summed E-state index contributed by atoms with van der Waals surface area (Å²) >= 11 is 0. The summed E-state index contributed by atoms with van der Waals surface area (Å²) in [6.45, 7) is 6.02. The van der Waals surface area contributed by atoms with Gasteiger partial charge in [-0.2, -0.15) is 0 Å². The summed E-state index contributed by atoms with van der Waals surface area (Å²) in [5.74, 6) is 2.18. The molecule has 1 atom stereocenters. The lowest BCUT2D eigenvalue weighted by atomic mass is 9.98. The van der Waals surface area contributed by atoms with Gasteiger partial charge in [0, 0.05) is 39.6 Å². The van der Waals surface area contributed by atoms with Gasteiger partial charge in [-0.15, -0.1) is 0 Å². The normalized spacial score (nSPS) is 21.2. The van der Waals surface area contributed by atoms with Gasteiger partial charge in [0.25, 0.3) is 0 Å². The Morgan fingerprint density at radius 1 is 1.04 bits per heavy atom.